The van der Waals surface area contributed by atoms with E-state index < -0.39 is 20.2 Å². The highest BCUT2D eigenvalue weighted by atomic mass is 32.2. The van der Waals surface area contributed by atoms with Crippen LogP contribution < -0.4 is 8.37 Å². The summed E-state index contributed by atoms with van der Waals surface area (Å²) >= 11 is 0. The van der Waals surface area contributed by atoms with Gasteiger partial charge in [-0.2, -0.15) is 16.8 Å². The van der Waals surface area contributed by atoms with Crippen LogP contribution in [-0.4, -0.2) is 16.8 Å². The Morgan fingerprint density at radius 3 is 1.19 bits per heavy atom. The normalized spacial score (nSPS) is 11.8. The van der Waals surface area contributed by atoms with Gasteiger partial charge in [0.05, 0.1) is 0 Å². The second-order valence-corrected chi connectivity index (χ2v) is 12.2. The molecule has 0 spiro atoms. The molecule has 8 heteroatoms. The number of rotatable bonds is 8. The van der Waals surface area contributed by atoms with Crippen LogP contribution in [0.15, 0.2) is 94.7 Å². The lowest BCUT2D eigenvalue weighted by atomic mass is 10.0. The summed E-state index contributed by atoms with van der Waals surface area (Å²) in [5.41, 5.74) is 5.21. The number of benzene rings is 4. The molecular weight excluding hydrogens is 508 g/mol. The average molecular weight is 537 g/mol. The fourth-order valence-electron chi connectivity index (χ4n) is 3.81. The molecule has 192 valence electrons. The lowest BCUT2D eigenvalue weighted by molar-refractivity contribution is 0.482. The number of aryl methyl sites for hydroxylation is 4. The first kappa shape index (κ1) is 26.4. The first-order valence-electron chi connectivity index (χ1n) is 11.6. The first-order chi connectivity index (χ1) is 17.4. The molecule has 4 aromatic carbocycles. The van der Waals surface area contributed by atoms with E-state index in [1.54, 1.807) is 50.2 Å². The zero-order valence-electron chi connectivity index (χ0n) is 21.1. The lowest BCUT2D eigenvalue weighted by Crippen LogP contribution is -2.11. The predicted molar refractivity (Wildman–Crippen MR) is 143 cm³/mol. The molecule has 4 rings (SSSR count). The number of hydrogen-bond donors (Lipinski definition) is 0. The van der Waals surface area contributed by atoms with Crippen molar-refractivity contribution in [1.82, 2.24) is 0 Å². The van der Waals surface area contributed by atoms with Crippen molar-refractivity contribution < 1.29 is 25.2 Å². The summed E-state index contributed by atoms with van der Waals surface area (Å²) in [6.45, 7) is 7.36. The molecule has 0 saturated carbocycles. The maximum atomic E-state index is 12.6. The Bertz CT molecular complexity index is 1510. The highest BCUT2D eigenvalue weighted by molar-refractivity contribution is 7.87. The molecule has 0 atom stereocenters. The van der Waals surface area contributed by atoms with Crippen LogP contribution in [0.1, 0.15) is 33.4 Å². The van der Waals surface area contributed by atoms with Gasteiger partial charge in [0, 0.05) is 0 Å². The molecule has 0 aliphatic heterocycles. The largest absolute Gasteiger partial charge is 0.379 e. The van der Waals surface area contributed by atoms with Crippen molar-refractivity contribution in [3.05, 3.63) is 118 Å². The van der Waals surface area contributed by atoms with Gasteiger partial charge in [-0.1, -0.05) is 59.7 Å². The van der Waals surface area contributed by atoms with Crippen LogP contribution in [0, 0.1) is 27.7 Å². The molecule has 0 unspecified atom stereocenters. The lowest BCUT2D eigenvalue weighted by Gasteiger charge is -2.13. The van der Waals surface area contributed by atoms with Gasteiger partial charge in [0.1, 0.15) is 21.3 Å². The molecule has 0 aliphatic carbocycles. The van der Waals surface area contributed by atoms with E-state index in [-0.39, 0.29) is 21.3 Å². The van der Waals surface area contributed by atoms with Gasteiger partial charge >= 0.3 is 20.2 Å². The molecule has 0 radical (unpaired) electrons. The third-order valence-corrected chi connectivity index (χ3v) is 8.40. The number of hydrogen-bond acceptors (Lipinski definition) is 6. The van der Waals surface area contributed by atoms with Crippen molar-refractivity contribution in [1.29, 1.82) is 0 Å². The van der Waals surface area contributed by atoms with Crippen molar-refractivity contribution >= 4 is 20.2 Å². The summed E-state index contributed by atoms with van der Waals surface area (Å²) in [4.78, 5) is 0.201. The van der Waals surface area contributed by atoms with Gasteiger partial charge in [0.25, 0.3) is 0 Å². The zero-order valence-corrected chi connectivity index (χ0v) is 22.7. The molecule has 0 N–H and O–H groups in total. The topological polar surface area (TPSA) is 86.7 Å². The molecule has 0 fully saturated rings. The maximum Gasteiger partial charge on any atom is 0.339 e. The minimum atomic E-state index is -3.94. The third-order valence-electron chi connectivity index (χ3n) is 5.91. The van der Waals surface area contributed by atoms with Gasteiger partial charge < -0.3 is 8.37 Å². The Labute approximate surface area is 218 Å². The van der Waals surface area contributed by atoms with Gasteiger partial charge in [0.15, 0.2) is 0 Å². The Morgan fingerprint density at radius 1 is 0.514 bits per heavy atom. The maximum absolute atomic E-state index is 12.6. The second-order valence-electron chi connectivity index (χ2n) is 9.08. The van der Waals surface area contributed by atoms with Crippen LogP contribution in [0.3, 0.4) is 0 Å². The second kappa shape index (κ2) is 10.4. The van der Waals surface area contributed by atoms with Crippen LogP contribution in [0.25, 0.3) is 0 Å². The van der Waals surface area contributed by atoms with Gasteiger partial charge in [-0.15, -0.1) is 0 Å². The minimum absolute atomic E-state index is 0.101. The highest BCUT2D eigenvalue weighted by Crippen LogP contribution is 2.27. The summed E-state index contributed by atoms with van der Waals surface area (Å²) in [6, 6.07) is 23.7. The van der Waals surface area contributed by atoms with Crippen molar-refractivity contribution in [2.24, 2.45) is 0 Å². The fraction of sp³-hybridized carbons (Fsp3) is 0.172. The Balaban J connectivity index is 1.47. The van der Waals surface area contributed by atoms with E-state index in [0.29, 0.717) is 17.5 Å². The molecule has 0 aliphatic rings. The molecule has 0 aromatic heterocycles. The van der Waals surface area contributed by atoms with E-state index >= 15 is 0 Å². The SMILES string of the molecule is Cc1ccc(S(=O)(=O)Oc2ccc(Cc3ccc(OS(=O)(=O)c4ccc(C)cc4)c(C)c3)cc2C)cc1. The van der Waals surface area contributed by atoms with Crippen molar-refractivity contribution in [2.45, 2.75) is 43.9 Å². The molecule has 0 saturated heterocycles. The summed E-state index contributed by atoms with van der Waals surface area (Å²) in [7, 11) is -7.87. The van der Waals surface area contributed by atoms with Gasteiger partial charge in [-0.3, -0.25) is 0 Å². The molecule has 6 nitrogen and oxygen atoms in total. The van der Waals surface area contributed by atoms with Crippen molar-refractivity contribution in [3.8, 4) is 11.5 Å². The van der Waals surface area contributed by atoms with Gasteiger partial charge in [-0.05, 0) is 92.8 Å². The smallest absolute Gasteiger partial charge is 0.339 e. The predicted octanol–water partition coefficient (Wildman–Crippen LogP) is 6.05. The molecule has 0 amide bonds. The minimum Gasteiger partial charge on any atom is -0.379 e. The monoisotopic (exact) mass is 536 g/mol. The van der Waals surface area contributed by atoms with Crippen LogP contribution in [-0.2, 0) is 26.7 Å². The van der Waals surface area contributed by atoms with Crippen LogP contribution in [0.5, 0.6) is 11.5 Å². The average Bonchev–Trinajstić information content (AvgIpc) is 2.83. The Hall–Kier alpha value is -3.62. The fourth-order valence-corrected chi connectivity index (χ4v) is 5.79. The Kier molecular flexibility index (Phi) is 7.43. The zero-order chi connectivity index (χ0) is 26.8. The van der Waals surface area contributed by atoms with Gasteiger partial charge in [0.2, 0.25) is 0 Å². The van der Waals surface area contributed by atoms with Crippen LogP contribution >= 0.6 is 0 Å². The molecular formula is C29H28O6S2. The molecule has 37 heavy (non-hydrogen) atoms. The van der Waals surface area contributed by atoms with E-state index in [1.165, 1.54) is 24.3 Å². The van der Waals surface area contributed by atoms with E-state index in [0.717, 1.165) is 22.3 Å². The summed E-state index contributed by atoms with van der Waals surface area (Å²) in [5, 5.41) is 0. The third kappa shape index (κ3) is 6.39. The molecule has 0 heterocycles. The van der Waals surface area contributed by atoms with E-state index in [4.69, 9.17) is 8.37 Å². The summed E-state index contributed by atoms with van der Waals surface area (Å²) in [5.74, 6) is 0.538. The molecule has 4 aromatic rings. The van der Waals surface area contributed by atoms with E-state index in [9.17, 15) is 16.8 Å². The van der Waals surface area contributed by atoms with Crippen molar-refractivity contribution in [2.75, 3.05) is 0 Å². The van der Waals surface area contributed by atoms with E-state index in [2.05, 4.69) is 0 Å². The van der Waals surface area contributed by atoms with Crippen LogP contribution in [0.2, 0.25) is 0 Å². The summed E-state index contributed by atoms with van der Waals surface area (Å²) in [6.07, 6.45) is 0.567. The van der Waals surface area contributed by atoms with E-state index in [1.807, 2.05) is 38.1 Å². The molecule has 0 bridgehead atoms. The first-order valence-corrected chi connectivity index (χ1v) is 14.5. The van der Waals surface area contributed by atoms with Gasteiger partial charge in [-0.25, -0.2) is 0 Å². The van der Waals surface area contributed by atoms with Crippen molar-refractivity contribution in [3.63, 3.8) is 0 Å². The van der Waals surface area contributed by atoms with Crippen LogP contribution in [0.4, 0.5) is 0 Å². The highest BCUT2D eigenvalue weighted by Gasteiger charge is 2.19. The Morgan fingerprint density at radius 2 is 0.865 bits per heavy atom. The summed E-state index contributed by atoms with van der Waals surface area (Å²) < 4.78 is 61.3. The standard InChI is InChI=1S/C29H28O6S2/c1-20-5-11-26(12-6-20)36(30,31)34-28-15-9-24(17-22(28)3)19-25-10-16-29(23(4)18-25)35-37(32,33)27-13-7-21(2)8-14-27/h5-18H,19H2,1-4H3. The quantitative estimate of drug-likeness (QED) is 0.255.